The van der Waals surface area contributed by atoms with Crippen molar-refractivity contribution in [2.75, 3.05) is 6.54 Å². The molecule has 45 heavy (non-hydrogen) atoms. The molecule has 0 radical (unpaired) electrons. The van der Waals surface area contributed by atoms with Crippen molar-refractivity contribution in [1.29, 1.82) is 0 Å². The standard InChI is InChI=1S/C30H25ClFN5O8/c1-17-25(45-30(42)44-17)16-43-28(40)24(38)15-36(14-18-7-9-19(10-8-18)22-13-20(31)11-12-23(22)32)35-27(39)26-33-29(41)37(34-26)21-5-3-2-4-6-21/h2-13,24,38H,14-16H2,1H3,(H,35,39)(H,33,34,41)/t24-/m1/s1. The molecule has 0 unspecified atom stereocenters. The number of carbonyl (C=O) groups excluding carboxylic acids is 2. The second-order valence-electron chi connectivity index (χ2n) is 9.73. The summed E-state index contributed by atoms with van der Waals surface area (Å²) < 4.78 is 29.9. The minimum Gasteiger partial charge on any atom is -0.455 e. The molecule has 13 nitrogen and oxygen atoms in total. The highest BCUT2D eigenvalue weighted by atomic mass is 35.5. The minimum absolute atomic E-state index is 0.0279. The molecule has 0 saturated carbocycles. The van der Waals surface area contributed by atoms with Crippen LogP contribution in [0, 0.1) is 12.7 Å². The third-order valence-corrected chi connectivity index (χ3v) is 6.74. The predicted octanol–water partition coefficient (Wildman–Crippen LogP) is 3.13. The fourth-order valence-corrected chi connectivity index (χ4v) is 4.44. The van der Waals surface area contributed by atoms with Gasteiger partial charge in [0.25, 0.3) is 0 Å². The van der Waals surface area contributed by atoms with Gasteiger partial charge in [0.15, 0.2) is 24.2 Å². The highest BCUT2D eigenvalue weighted by Gasteiger charge is 2.25. The number of halogens is 2. The molecule has 232 valence electrons. The van der Waals surface area contributed by atoms with Gasteiger partial charge in [-0.25, -0.2) is 23.8 Å². The number of nitrogens with one attached hydrogen (secondary N) is 2. The number of aromatic nitrogens is 3. The maximum atomic E-state index is 14.4. The number of H-pyrrole nitrogens is 1. The molecule has 1 amide bonds. The number of nitrogens with zero attached hydrogens (tertiary/aromatic N) is 3. The highest BCUT2D eigenvalue weighted by molar-refractivity contribution is 6.30. The molecule has 0 aliphatic rings. The average Bonchev–Trinajstić information content (AvgIpc) is 3.58. The summed E-state index contributed by atoms with van der Waals surface area (Å²) in [7, 11) is 0. The van der Waals surface area contributed by atoms with Gasteiger partial charge in [0.1, 0.15) is 5.82 Å². The number of carbonyl (C=O) groups is 2. The van der Waals surface area contributed by atoms with Gasteiger partial charge in [0, 0.05) is 17.1 Å². The zero-order valence-corrected chi connectivity index (χ0v) is 24.3. The quantitative estimate of drug-likeness (QED) is 0.144. The van der Waals surface area contributed by atoms with E-state index in [1.165, 1.54) is 30.1 Å². The second kappa shape index (κ2) is 13.5. The molecule has 2 aromatic heterocycles. The Labute approximate surface area is 258 Å². The summed E-state index contributed by atoms with van der Waals surface area (Å²) in [6.45, 7) is 0.456. The van der Waals surface area contributed by atoms with E-state index in [4.69, 9.17) is 25.2 Å². The van der Waals surface area contributed by atoms with Crippen LogP contribution in [-0.4, -0.2) is 49.4 Å². The molecule has 0 bridgehead atoms. The fraction of sp³-hybridized carbons (Fsp3) is 0.167. The van der Waals surface area contributed by atoms with Crippen LogP contribution < -0.4 is 16.9 Å². The summed E-state index contributed by atoms with van der Waals surface area (Å²) in [5.41, 5.74) is 3.73. The van der Waals surface area contributed by atoms with E-state index in [1.54, 1.807) is 54.6 Å². The van der Waals surface area contributed by atoms with Gasteiger partial charge in [-0.05, 0) is 48.4 Å². The van der Waals surface area contributed by atoms with Crippen LogP contribution in [0.2, 0.25) is 5.02 Å². The Balaban J connectivity index is 1.33. The molecule has 0 spiro atoms. The molecule has 3 aromatic carbocycles. The molecule has 0 aliphatic heterocycles. The van der Waals surface area contributed by atoms with Gasteiger partial charge in [0.2, 0.25) is 5.82 Å². The Morgan fingerprint density at radius 3 is 2.53 bits per heavy atom. The van der Waals surface area contributed by atoms with Crippen LogP contribution in [0.15, 0.2) is 91.2 Å². The summed E-state index contributed by atoms with van der Waals surface area (Å²) in [5, 5.41) is 16.3. The predicted molar refractivity (Wildman–Crippen MR) is 157 cm³/mol. The van der Waals surface area contributed by atoms with Crippen LogP contribution >= 0.6 is 11.6 Å². The Morgan fingerprint density at radius 2 is 1.84 bits per heavy atom. The first-order chi connectivity index (χ1) is 21.6. The molecule has 0 saturated heterocycles. The Hall–Kier alpha value is -5.31. The number of hydrogen-bond donors (Lipinski definition) is 3. The second-order valence-corrected chi connectivity index (χ2v) is 10.2. The number of hydrogen-bond acceptors (Lipinski definition) is 10. The van der Waals surface area contributed by atoms with E-state index < -0.39 is 48.5 Å². The number of amides is 1. The van der Waals surface area contributed by atoms with Gasteiger partial charge in [0.05, 0.1) is 12.2 Å². The van der Waals surface area contributed by atoms with Crippen molar-refractivity contribution in [3.63, 3.8) is 0 Å². The van der Waals surface area contributed by atoms with Crippen LogP contribution in [0.3, 0.4) is 0 Å². The zero-order chi connectivity index (χ0) is 32.1. The van der Waals surface area contributed by atoms with E-state index in [0.717, 1.165) is 4.68 Å². The Bertz CT molecular complexity index is 1930. The maximum absolute atomic E-state index is 14.4. The normalized spacial score (nSPS) is 11.8. The van der Waals surface area contributed by atoms with Crippen molar-refractivity contribution in [3.05, 3.63) is 128 Å². The summed E-state index contributed by atoms with van der Waals surface area (Å²) in [5.74, 6) is -3.59. The number of esters is 1. The van der Waals surface area contributed by atoms with Crippen LogP contribution in [0.5, 0.6) is 0 Å². The lowest BCUT2D eigenvalue weighted by Crippen LogP contribution is -2.47. The summed E-state index contributed by atoms with van der Waals surface area (Å²) >= 11 is 6.02. The summed E-state index contributed by atoms with van der Waals surface area (Å²) in [4.78, 5) is 51.8. The van der Waals surface area contributed by atoms with Gasteiger partial charge >= 0.3 is 23.4 Å². The van der Waals surface area contributed by atoms with Gasteiger partial charge < -0.3 is 18.7 Å². The topological polar surface area (TPSA) is 173 Å². The maximum Gasteiger partial charge on any atom is 0.519 e. The molecule has 2 heterocycles. The van der Waals surface area contributed by atoms with Crippen molar-refractivity contribution in [3.8, 4) is 16.8 Å². The van der Waals surface area contributed by atoms with Crippen molar-refractivity contribution >= 4 is 23.5 Å². The van der Waals surface area contributed by atoms with Crippen molar-refractivity contribution in [2.45, 2.75) is 26.2 Å². The van der Waals surface area contributed by atoms with Gasteiger partial charge in [-0.1, -0.05) is 54.1 Å². The minimum atomic E-state index is -1.77. The molecule has 3 N–H and O–H groups in total. The van der Waals surface area contributed by atoms with E-state index in [-0.39, 0.29) is 23.9 Å². The number of aromatic amines is 1. The van der Waals surface area contributed by atoms with Gasteiger partial charge in [-0.15, -0.1) is 5.10 Å². The van der Waals surface area contributed by atoms with Gasteiger partial charge in [-0.3, -0.25) is 15.2 Å². The first kappa shape index (κ1) is 31.1. The number of hydrazine groups is 1. The van der Waals surface area contributed by atoms with Crippen LogP contribution in [0.1, 0.15) is 27.7 Å². The average molecular weight is 638 g/mol. The first-order valence-corrected chi connectivity index (χ1v) is 13.7. The number of rotatable bonds is 11. The van der Waals surface area contributed by atoms with Crippen LogP contribution in [0.4, 0.5) is 4.39 Å². The van der Waals surface area contributed by atoms with Crippen LogP contribution in [0.25, 0.3) is 16.8 Å². The lowest BCUT2D eigenvalue weighted by Gasteiger charge is -2.24. The molecule has 0 aliphatic carbocycles. The molecule has 1 atom stereocenters. The molecule has 0 fully saturated rings. The molecule has 15 heteroatoms. The molecule has 5 aromatic rings. The number of aliphatic hydroxyl groups excluding tert-OH is 1. The third-order valence-electron chi connectivity index (χ3n) is 6.51. The lowest BCUT2D eigenvalue weighted by molar-refractivity contribution is -0.157. The summed E-state index contributed by atoms with van der Waals surface area (Å²) in [6, 6.07) is 19.2. The highest BCUT2D eigenvalue weighted by Crippen LogP contribution is 2.26. The monoisotopic (exact) mass is 637 g/mol. The fourth-order valence-electron chi connectivity index (χ4n) is 4.27. The van der Waals surface area contributed by atoms with E-state index in [9.17, 15) is 28.7 Å². The van der Waals surface area contributed by atoms with Gasteiger partial charge in [-0.2, -0.15) is 4.68 Å². The largest absolute Gasteiger partial charge is 0.519 e. The molecular weight excluding hydrogens is 613 g/mol. The van der Waals surface area contributed by atoms with E-state index >= 15 is 0 Å². The first-order valence-electron chi connectivity index (χ1n) is 13.4. The summed E-state index contributed by atoms with van der Waals surface area (Å²) in [6.07, 6.45) is -1.77. The van der Waals surface area contributed by atoms with Crippen molar-refractivity contribution in [1.82, 2.24) is 25.2 Å². The van der Waals surface area contributed by atoms with Crippen LogP contribution in [-0.2, 0) is 22.7 Å². The Morgan fingerprint density at radius 1 is 1.11 bits per heavy atom. The van der Waals surface area contributed by atoms with Crippen molar-refractivity contribution < 1.29 is 32.7 Å². The van der Waals surface area contributed by atoms with E-state index in [1.807, 2.05) is 0 Å². The molecular formula is C30H25ClFN5O8. The number of aliphatic hydroxyl groups is 1. The lowest BCUT2D eigenvalue weighted by atomic mass is 10.0. The zero-order valence-electron chi connectivity index (χ0n) is 23.5. The number of ether oxygens (including phenoxy) is 1. The van der Waals surface area contributed by atoms with E-state index in [2.05, 4.69) is 15.5 Å². The van der Waals surface area contributed by atoms with Crippen molar-refractivity contribution in [2.24, 2.45) is 0 Å². The molecule has 5 rings (SSSR count). The number of benzene rings is 3. The van der Waals surface area contributed by atoms with E-state index in [0.29, 0.717) is 27.4 Å². The smallest absolute Gasteiger partial charge is 0.455 e. The number of para-hydroxylation sites is 1. The number of aryl methyl sites for hydroxylation is 1. The Kier molecular flexibility index (Phi) is 9.37. The SMILES string of the molecule is Cc1oc(=O)oc1COC(=O)[C@H](O)CN(Cc1ccc(-c2cc(Cl)ccc2F)cc1)NC(=O)c1nn(-c2ccccc2)c(=O)[nH]1. The third kappa shape index (κ3) is 7.62.